The van der Waals surface area contributed by atoms with Crippen molar-refractivity contribution in [2.45, 2.75) is 32.2 Å². The van der Waals surface area contributed by atoms with Crippen LogP contribution < -0.4 is 5.32 Å². The van der Waals surface area contributed by atoms with Crippen molar-refractivity contribution in [1.82, 2.24) is 5.32 Å². The van der Waals surface area contributed by atoms with Gasteiger partial charge in [-0.3, -0.25) is 0 Å². The van der Waals surface area contributed by atoms with E-state index >= 15 is 0 Å². The second-order valence-electron chi connectivity index (χ2n) is 5.51. The second-order valence-corrected chi connectivity index (χ2v) is 6.37. The van der Waals surface area contributed by atoms with Crippen LogP contribution in [0, 0.1) is 23.6 Å². The molecule has 98 valence electrons. The number of rotatable bonds is 4. The van der Waals surface area contributed by atoms with Gasteiger partial charge in [0.2, 0.25) is 0 Å². The van der Waals surface area contributed by atoms with Gasteiger partial charge in [0.1, 0.15) is 5.82 Å². The van der Waals surface area contributed by atoms with Crippen LogP contribution in [0.1, 0.15) is 37.8 Å². The number of hydrogen-bond donors (Lipinski definition) is 1. The summed E-state index contributed by atoms with van der Waals surface area (Å²) < 4.78 is 14.8. The Kier molecular flexibility index (Phi) is 3.46. The molecule has 2 fully saturated rings. The molecule has 3 heteroatoms. The highest BCUT2D eigenvalue weighted by Gasteiger charge is 2.56. The van der Waals surface area contributed by atoms with Crippen molar-refractivity contribution in [1.29, 1.82) is 0 Å². The third kappa shape index (κ3) is 2.01. The number of benzene rings is 1. The molecule has 0 bridgehead atoms. The van der Waals surface area contributed by atoms with Crippen molar-refractivity contribution >= 4 is 15.9 Å². The minimum absolute atomic E-state index is 0.0894. The second kappa shape index (κ2) is 4.93. The fraction of sp³-hybridized carbons (Fsp3) is 0.600. The van der Waals surface area contributed by atoms with E-state index in [2.05, 4.69) is 28.2 Å². The van der Waals surface area contributed by atoms with E-state index in [1.54, 1.807) is 6.07 Å². The molecule has 1 nitrogen and oxygen atoms in total. The molecule has 1 aromatic carbocycles. The first kappa shape index (κ1) is 12.6. The molecule has 1 N–H and O–H groups in total. The Bertz CT molecular complexity index is 438. The van der Waals surface area contributed by atoms with Crippen LogP contribution in [0.2, 0.25) is 0 Å². The molecule has 2 aliphatic carbocycles. The molecule has 1 aromatic rings. The average molecular weight is 312 g/mol. The molecule has 0 heterocycles. The molecule has 0 spiro atoms. The molecule has 3 atom stereocenters. The molecule has 3 rings (SSSR count). The summed E-state index contributed by atoms with van der Waals surface area (Å²) >= 11 is 3.29. The van der Waals surface area contributed by atoms with Crippen LogP contribution in [0.25, 0.3) is 0 Å². The van der Waals surface area contributed by atoms with E-state index in [4.69, 9.17) is 0 Å². The zero-order valence-corrected chi connectivity index (χ0v) is 12.2. The SMILES string of the molecule is CCNC(c1cccc(Br)c1F)C1C2CCCC21. The van der Waals surface area contributed by atoms with Gasteiger partial charge in [0, 0.05) is 11.6 Å². The topological polar surface area (TPSA) is 12.0 Å². The molecule has 0 aliphatic heterocycles. The first-order valence-corrected chi connectivity index (χ1v) is 7.70. The largest absolute Gasteiger partial charge is 0.310 e. The Hall–Kier alpha value is -0.410. The molecule has 0 amide bonds. The van der Waals surface area contributed by atoms with E-state index in [9.17, 15) is 4.39 Å². The van der Waals surface area contributed by atoms with Crippen molar-refractivity contribution in [3.05, 3.63) is 34.1 Å². The van der Waals surface area contributed by atoms with E-state index in [0.717, 1.165) is 23.9 Å². The minimum atomic E-state index is -0.0894. The number of hydrogen-bond acceptors (Lipinski definition) is 1. The summed E-state index contributed by atoms with van der Waals surface area (Å²) in [6.45, 7) is 2.99. The molecule has 0 saturated heterocycles. The summed E-state index contributed by atoms with van der Waals surface area (Å²) in [6.07, 6.45) is 4.05. The van der Waals surface area contributed by atoms with E-state index in [0.29, 0.717) is 10.4 Å². The summed E-state index contributed by atoms with van der Waals surface area (Å²) in [6, 6.07) is 5.84. The molecular weight excluding hydrogens is 293 g/mol. The molecule has 2 aliphatic rings. The van der Waals surface area contributed by atoms with Crippen LogP contribution in [0.3, 0.4) is 0 Å². The highest BCUT2D eigenvalue weighted by atomic mass is 79.9. The maximum atomic E-state index is 14.3. The fourth-order valence-electron chi connectivity index (χ4n) is 3.81. The first-order chi connectivity index (χ1) is 8.74. The van der Waals surface area contributed by atoms with Crippen LogP contribution in [0.5, 0.6) is 0 Å². The summed E-state index contributed by atoms with van der Waals surface area (Å²) in [7, 11) is 0. The standard InChI is InChI=1S/C15H19BrFN/c1-2-18-15(13-9-5-3-6-10(9)13)11-7-4-8-12(16)14(11)17/h4,7-10,13,15,18H,2-3,5-6H2,1H3. The minimum Gasteiger partial charge on any atom is -0.310 e. The van der Waals surface area contributed by atoms with Crippen molar-refractivity contribution in [3.63, 3.8) is 0 Å². The Morgan fingerprint density at radius 1 is 1.39 bits per heavy atom. The van der Waals surface area contributed by atoms with Gasteiger partial charge in [0.15, 0.2) is 0 Å². The summed E-state index contributed by atoms with van der Waals surface area (Å²) in [5, 5.41) is 3.50. The van der Waals surface area contributed by atoms with Crippen LogP contribution in [0.4, 0.5) is 4.39 Å². The van der Waals surface area contributed by atoms with Crippen LogP contribution in [0.15, 0.2) is 22.7 Å². The Morgan fingerprint density at radius 3 is 2.78 bits per heavy atom. The van der Waals surface area contributed by atoms with Gasteiger partial charge in [0.25, 0.3) is 0 Å². The monoisotopic (exact) mass is 311 g/mol. The lowest BCUT2D eigenvalue weighted by molar-refractivity contribution is 0.410. The number of fused-ring (bicyclic) bond motifs is 1. The van der Waals surface area contributed by atoms with Gasteiger partial charge in [-0.2, -0.15) is 0 Å². The quantitative estimate of drug-likeness (QED) is 0.875. The first-order valence-electron chi connectivity index (χ1n) is 6.91. The van der Waals surface area contributed by atoms with Crippen molar-refractivity contribution in [3.8, 4) is 0 Å². The van der Waals surface area contributed by atoms with Gasteiger partial charge in [-0.05, 0) is 59.1 Å². The zero-order valence-electron chi connectivity index (χ0n) is 10.6. The normalized spacial score (nSPS) is 31.2. The highest BCUT2D eigenvalue weighted by molar-refractivity contribution is 9.10. The summed E-state index contributed by atoms with van der Waals surface area (Å²) in [4.78, 5) is 0. The lowest BCUT2D eigenvalue weighted by atomic mass is 9.96. The Morgan fingerprint density at radius 2 is 2.11 bits per heavy atom. The van der Waals surface area contributed by atoms with Crippen molar-refractivity contribution in [2.24, 2.45) is 17.8 Å². The fourth-order valence-corrected chi connectivity index (χ4v) is 4.19. The van der Waals surface area contributed by atoms with Crippen LogP contribution in [-0.2, 0) is 0 Å². The van der Waals surface area contributed by atoms with Gasteiger partial charge in [-0.1, -0.05) is 25.5 Å². The molecule has 0 aromatic heterocycles. The van der Waals surface area contributed by atoms with E-state index in [1.807, 2.05) is 12.1 Å². The summed E-state index contributed by atoms with van der Waals surface area (Å²) in [5.41, 5.74) is 0.839. The maximum absolute atomic E-state index is 14.3. The molecule has 2 saturated carbocycles. The van der Waals surface area contributed by atoms with E-state index in [-0.39, 0.29) is 11.9 Å². The highest BCUT2D eigenvalue weighted by Crippen LogP contribution is 2.62. The number of halogens is 2. The molecular formula is C15H19BrFN. The van der Waals surface area contributed by atoms with Crippen molar-refractivity contribution in [2.75, 3.05) is 6.54 Å². The number of nitrogens with one attached hydrogen (secondary N) is 1. The predicted molar refractivity (Wildman–Crippen MR) is 74.8 cm³/mol. The van der Waals surface area contributed by atoms with Gasteiger partial charge in [-0.25, -0.2) is 4.39 Å². The van der Waals surface area contributed by atoms with Crippen LogP contribution in [-0.4, -0.2) is 6.54 Å². The van der Waals surface area contributed by atoms with Crippen molar-refractivity contribution < 1.29 is 4.39 Å². The van der Waals surface area contributed by atoms with Crippen LogP contribution >= 0.6 is 15.9 Å². The Labute approximate surface area is 116 Å². The third-order valence-corrected chi connectivity index (χ3v) is 5.21. The Balaban J connectivity index is 1.87. The maximum Gasteiger partial charge on any atom is 0.142 e. The van der Waals surface area contributed by atoms with Gasteiger partial charge in [0.05, 0.1) is 4.47 Å². The predicted octanol–water partition coefficient (Wildman–Crippen LogP) is 4.28. The lowest BCUT2D eigenvalue weighted by Crippen LogP contribution is -2.25. The lowest BCUT2D eigenvalue weighted by Gasteiger charge is -2.21. The van der Waals surface area contributed by atoms with E-state index < -0.39 is 0 Å². The molecule has 3 unspecified atom stereocenters. The molecule has 0 radical (unpaired) electrons. The zero-order chi connectivity index (χ0) is 12.7. The third-order valence-electron chi connectivity index (χ3n) is 4.60. The molecule has 18 heavy (non-hydrogen) atoms. The smallest absolute Gasteiger partial charge is 0.142 e. The van der Waals surface area contributed by atoms with Gasteiger partial charge >= 0.3 is 0 Å². The van der Waals surface area contributed by atoms with Gasteiger partial charge < -0.3 is 5.32 Å². The van der Waals surface area contributed by atoms with Gasteiger partial charge in [-0.15, -0.1) is 0 Å². The summed E-state index contributed by atoms with van der Waals surface area (Å²) in [5.74, 6) is 2.25. The van der Waals surface area contributed by atoms with E-state index in [1.165, 1.54) is 19.3 Å². The average Bonchev–Trinajstić information content (AvgIpc) is 2.83.